The zero-order valence-corrected chi connectivity index (χ0v) is 12.4. The largest absolute Gasteiger partial charge is 0.296 e. The first-order valence-electron chi connectivity index (χ1n) is 6.08. The van der Waals surface area contributed by atoms with E-state index >= 15 is 0 Å². The second-order valence-electron chi connectivity index (χ2n) is 4.46. The average Bonchev–Trinajstić information content (AvgIpc) is 2.87. The Bertz CT molecular complexity index is 921. The zero-order chi connectivity index (χ0) is 15.9. The van der Waals surface area contributed by atoms with E-state index in [1.165, 1.54) is 22.7 Å². The van der Waals surface area contributed by atoms with Crippen molar-refractivity contribution in [2.24, 2.45) is 0 Å². The number of hydrogen-bond acceptors (Lipinski definition) is 4. The van der Waals surface area contributed by atoms with Gasteiger partial charge >= 0.3 is 0 Å². The molecule has 0 fully saturated rings. The van der Waals surface area contributed by atoms with Gasteiger partial charge in [0.25, 0.3) is 5.69 Å². The Morgan fingerprint density at radius 2 is 1.95 bits per heavy atom. The molecule has 8 heteroatoms. The molecule has 0 N–H and O–H groups in total. The van der Waals surface area contributed by atoms with Crippen molar-refractivity contribution in [1.82, 2.24) is 9.38 Å². The van der Waals surface area contributed by atoms with Crippen LogP contribution in [0.2, 0.25) is 10.0 Å². The summed E-state index contributed by atoms with van der Waals surface area (Å²) in [5.41, 5.74) is 1.48. The second kappa shape index (κ2) is 5.40. The molecule has 3 rings (SSSR count). The normalized spacial score (nSPS) is 10.8. The van der Waals surface area contributed by atoms with Gasteiger partial charge in [-0.3, -0.25) is 19.3 Å². The quantitative estimate of drug-likeness (QED) is 0.411. The smallest absolute Gasteiger partial charge is 0.286 e. The van der Waals surface area contributed by atoms with E-state index in [1.807, 2.05) is 0 Å². The third-order valence-electron chi connectivity index (χ3n) is 3.16. The van der Waals surface area contributed by atoms with Crippen LogP contribution in [0.15, 0.2) is 36.5 Å². The van der Waals surface area contributed by atoms with Crippen molar-refractivity contribution in [1.29, 1.82) is 0 Å². The van der Waals surface area contributed by atoms with Crippen molar-refractivity contribution in [2.75, 3.05) is 0 Å². The number of imidazole rings is 1. The predicted octanol–water partition coefficient (Wildman–Crippen LogP) is 4.03. The molecule has 6 nitrogen and oxygen atoms in total. The third kappa shape index (κ3) is 2.32. The Labute approximate surface area is 134 Å². The minimum atomic E-state index is -0.535. The lowest BCUT2D eigenvalue weighted by Gasteiger charge is -2.01. The van der Waals surface area contributed by atoms with Gasteiger partial charge < -0.3 is 0 Å². The number of hydrogen-bond donors (Lipinski definition) is 0. The van der Waals surface area contributed by atoms with Crippen LogP contribution in [0.4, 0.5) is 5.69 Å². The highest BCUT2D eigenvalue weighted by Crippen LogP contribution is 2.30. The molecule has 22 heavy (non-hydrogen) atoms. The van der Waals surface area contributed by atoms with Gasteiger partial charge in [0.1, 0.15) is 17.0 Å². The van der Waals surface area contributed by atoms with Gasteiger partial charge in [-0.15, -0.1) is 0 Å². The number of carbonyl (C=O) groups is 1. The molecule has 0 amide bonds. The number of carbonyl (C=O) groups excluding carboxylic acids is 1. The molecule has 110 valence electrons. The second-order valence-corrected chi connectivity index (χ2v) is 5.28. The maximum absolute atomic E-state index is 11.4. The van der Waals surface area contributed by atoms with E-state index < -0.39 is 4.92 Å². The highest BCUT2D eigenvalue weighted by molar-refractivity contribution is 6.42. The van der Waals surface area contributed by atoms with Crippen molar-refractivity contribution in [3.8, 4) is 11.3 Å². The number of halogens is 2. The summed E-state index contributed by atoms with van der Waals surface area (Å²) >= 11 is 11.9. The molecule has 0 atom stereocenters. The van der Waals surface area contributed by atoms with Crippen molar-refractivity contribution in [3.63, 3.8) is 0 Å². The highest BCUT2D eigenvalue weighted by atomic mass is 35.5. The first-order valence-corrected chi connectivity index (χ1v) is 6.84. The first-order chi connectivity index (χ1) is 10.5. The Morgan fingerprint density at radius 1 is 1.18 bits per heavy atom. The molecule has 0 bridgehead atoms. The van der Waals surface area contributed by atoms with E-state index in [4.69, 9.17) is 23.2 Å². The van der Waals surface area contributed by atoms with E-state index in [-0.39, 0.29) is 11.4 Å². The summed E-state index contributed by atoms with van der Waals surface area (Å²) < 4.78 is 1.38. The first kappa shape index (κ1) is 14.5. The molecule has 0 saturated carbocycles. The Hall–Kier alpha value is -2.44. The summed E-state index contributed by atoms with van der Waals surface area (Å²) in [7, 11) is 0. The Balaban J connectivity index is 2.27. The SMILES string of the molecule is O=Cc1c(-c2ccc(Cl)c(Cl)c2)nc2ccc([N+](=O)[O-])cn12. The molecular weight excluding hydrogens is 329 g/mol. The van der Waals surface area contributed by atoms with Crippen molar-refractivity contribution >= 4 is 40.8 Å². The van der Waals surface area contributed by atoms with Gasteiger partial charge in [0, 0.05) is 11.6 Å². The fourth-order valence-electron chi connectivity index (χ4n) is 2.13. The topological polar surface area (TPSA) is 77.5 Å². The minimum absolute atomic E-state index is 0.131. The van der Waals surface area contributed by atoms with Gasteiger partial charge in [-0.1, -0.05) is 29.3 Å². The standard InChI is InChI=1S/C14H7Cl2N3O3/c15-10-3-1-8(5-11(10)16)14-12(7-20)18-6-9(19(21)22)2-4-13(18)17-14/h1-7H. The van der Waals surface area contributed by atoms with E-state index in [1.54, 1.807) is 18.2 Å². The van der Waals surface area contributed by atoms with E-state index in [0.717, 1.165) is 0 Å². The highest BCUT2D eigenvalue weighted by Gasteiger charge is 2.17. The number of rotatable bonds is 3. The fourth-order valence-corrected chi connectivity index (χ4v) is 2.43. The van der Waals surface area contributed by atoms with Crippen LogP contribution < -0.4 is 0 Å². The summed E-state index contributed by atoms with van der Waals surface area (Å²) in [6, 6.07) is 7.67. The third-order valence-corrected chi connectivity index (χ3v) is 3.89. The van der Waals surface area contributed by atoms with Crippen LogP contribution in [0.3, 0.4) is 0 Å². The molecule has 1 aromatic carbocycles. The van der Waals surface area contributed by atoms with Crippen molar-refractivity contribution in [2.45, 2.75) is 0 Å². The number of pyridine rings is 1. The molecule has 0 saturated heterocycles. The van der Waals surface area contributed by atoms with Gasteiger partial charge in [0.05, 0.1) is 21.2 Å². The molecule has 0 aliphatic carbocycles. The number of aldehydes is 1. The van der Waals surface area contributed by atoms with Crippen molar-refractivity contribution < 1.29 is 9.72 Å². The molecule has 0 aliphatic heterocycles. The summed E-state index contributed by atoms with van der Waals surface area (Å²) in [6.45, 7) is 0. The average molecular weight is 336 g/mol. The van der Waals surface area contributed by atoms with Crippen LogP contribution in [-0.2, 0) is 0 Å². The van der Waals surface area contributed by atoms with Gasteiger partial charge in [0.2, 0.25) is 0 Å². The molecule has 0 unspecified atom stereocenters. The van der Waals surface area contributed by atoms with E-state index in [9.17, 15) is 14.9 Å². The zero-order valence-electron chi connectivity index (χ0n) is 10.9. The summed E-state index contributed by atoms with van der Waals surface area (Å²) in [5.74, 6) is 0. The predicted molar refractivity (Wildman–Crippen MR) is 82.7 cm³/mol. The maximum Gasteiger partial charge on any atom is 0.286 e. The van der Waals surface area contributed by atoms with Crippen LogP contribution in [0, 0.1) is 10.1 Å². The molecule has 2 heterocycles. The Kier molecular flexibility index (Phi) is 3.56. The van der Waals surface area contributed by atoms with E-state index in [0.29, 0.717) is 33.2 Å². The Morgan fingerprint density at radius 3 is 2.59 bits per heavy atom. The lowest BCUT2D eigenvalue weighted by Crippen LogP contribution is -1.95. The van der Waals surface area contributed by atoms with Crippen LogP contribution in [0.5, 0.6) is 0 Å². The van der Waals surface area contributed by atoms with Gasteiger partial charge in [-0.25, -0.2) is 4.98 Å². The van der Waals surface area contributed by atoms with Gasteiger partial charge in [-0.05, 0) is 18.2 Å². The van der Waals surface area contributed by atoms with E-state index in [2.05, 4.69) is 4.98 Å². The fraction of sp³-hybridized carbons (Fsp3) is 0. The number of fused-ring (bicyclic) bond motifs is 1. The maximum atomic E-state index is 11.4. The molecule has 3 aromatic rings. The molecular formula is C14H7Cl2N3O3. The molecule has 0 aliphatic rings. The molecule has 0 spiro atoms. The van der Waals surface area contributed by atoms with Crippen LogP contribution in [0.25, 0.3) is 16.9 Å². The monoisotopic (exact) mass is 335 g/mol. The lowest BCUT2D eigenvalue weighted by molar-refractivity contribution is -0.385. The number of benzene rings is 1. The molecule has 2 aromatic heterocycles. The number of nitrogens with zero attached hydrogens (tertiary/aromatic N) is 3. The van der Waals surface area contributed by atoms with Gasteiger partial charge in [-0.2, -0.15) is 0 Å². The van der Waals surface area contributed by atoms with Crippen LogP contribution >= 0.6 is 23.2 Å². The van der Waals surface area contributed by atoms with Crippen LogP contribution in [0.1, 0.15) is 10.5 Å². The van der Waals surface area contributed by atoms with Crippen molar-refractivity contribution in [3.05, 3.63) is 62.4 Å². The van der Waals surface area contributed by atoms with Gasteiger partial charge in [0.15, 0.2) is 6.29 Å². The minimum Gasteiger partial charge on any atom is -0.296 e. The lowest BCUT2D eigenvalue weighted by atomic mass is 10.1. The number of nitro groups is 1. The van der Waals surface area contributed by atoms with Crippen LogP contribution in [-0.4, -0.2) is 20.6 Å². The number of aromatic nitrogens is 2. The summed E-state index contributed by atoms with van der Waals surface area (Å²) in [5, 5.41) is 11.6. The summed E-state index contributed by atoms with van der Waals surface area (Å²) in [4.78, 5) is 26.1. The molecule has 0 radical (unpaired) electrons. The summed E-state index contributed by atoms with van der Waals surface area (Å²) in [6.07, 6.45) is 1.86.